The van der Waals surface area contributed by atoms with E-state index in [9.17, 15) is 0 Å². The summed E-state index contributed by atoms with van der Waals surface area (Å²) < 4.78 is 15.9. The lowest BCUT2D eigenvalue weighted by Gasteiger charge is -2.26. The molecule has 6 nitrogen and oxygen atoms in total. The van der Waals surface area contributed by atoms with Crippen LogP contribution in [0.4, 0.5) is 0 Å². The van der Waals surface area contributed by atoms with Crippen LogP contribution in [-0.4, -0.2) is 33.8 Å². The summed E-state index contributed by atoms with van der Waals surface area (Å²) >= 11 is 0. The van der Waals surface area contributed by atoms with E-state index in [1.165, 1.54) is 17.5 Å². The van der Waals surface area contributed by atoms with Gasteiger partial charge in [0.05, 0.1) is 27.9 Å². The van der Waals surface area contributed by atoms with Crippen LogP contribution < -0.4 is 25.3 Å². The molecule has 0 heterocycles. The number of guanidine groups is 1. The molecule has 0 aliphatic heterocycles. The second kappa shape index (κ2) is 11.1. The largest absolute Gasteiger partial charge is 0.497 e. The molecule has 0 spiro atoms. The van der Waals surface area contributed by atoms with Crippen LogP contribution in [0.1, 0.15) is 35.4 Å². The molecule has 3 N–H and O–H groups in total. The van der Waals surface area contributed by atoms with E-state index in [0.717, 1.165) is 30.7 Å². The Balaban J connectivity index is 0.00000300. The highest BCUT2D eigenvalue weighted by molar-refractivity contribution is 14.0. The van der Waals surface area contributed by atoms with Crippen LogP contribution in [0.2, 0.25) is 0 Å². The van der Waals surface area contributed by atoms with E-state index in [1.807, 2.05) is 24.3 Å². The Morgan fingerprint density at radius 2 is 1.86 bits per heavy atom. The zero-order valence-electron chi connectivity index (χ0n) is 17.2. The van der Waals surface area contributed by atoms with Gasteiger partial charge in [-0.25, -0.2) is 4.99 Å². The first-order chi connectivity index (χ1) is 13.6. The van der Waals surface area contributed by atoms with E-state index in [4.69, 9.17) is 19.9 Å². The molecule has 29 heavy (non-hydrogen) atoms. The van der Waals surface area contributed by atoms with Gasteiger partial charge in [-0.15, -0.1) is 24.0 Å². The second-order valence-electron chi connectivity index (χ2n) is 6.93. The number of aryl methyl sites for hydroxylation is 1. The monoisotopic (exact) mass is 511 g/mol. The molecule has 3 rings (SSSR count). The number of rotatable bonds is 7. The highest BCUT2D eigenvalue weighted by Gasteiger charge is 2.20. The summed E-state index contributed by atoms with van der Waals surface area (Å²) in [6, 6.07) is 12.1. The minimum absolute atomic E-state index is 0. The number of nitrogens with one attached hydrogen (secondary N) is 1. The van der Waals surface area contributed by atoms with Gasteiger partial charge in [0.2, 0.25) is 0 Å². The average Bonchev–Trinajstić information content (AvgIpc) is 2.75. The van der Waals surface area contributed by atoms with Crippen molar-refractivity contribution in [3.63, 3.8) is 0 Å². The molecule has 7 heteroatoms. The van der Waals surface area contributed by atoms with E-state index < -0.39 is 0 Å². The van der Waals surface area contributed by atoms with Crippen LogP contribution in [0.25, 0.3) is 0 Å². The van der Waals surface area contributed by atoms with Crippen molar-refractivity contribution in [2.24, 2.45) is 10.7 Å². The summed E-state index contributed by atoms with van der Waals surface area (Å²) in [7, 11) is 4.95. The Bertz CT molecular complexity index is 842. The van der Waals surface area contributed by atoms with E-state index in [2.05, 4.69) is 22.4 Å². The van der Waals surface area contributed by atoms with Gasteiger partial charge in [-0.2, -0.15) is 0 Å². The summed E-state index contributed by atoms with van der Waals surface area (Å²) in [6.07, 6.45) is 3.43. The molecule has 1 aliphatic carbocycles. The number of nitrogens with two attached hydrogens (primary N) is 1. The van der Waals surface area contributed by atoms with Crippen LogP contribution in [-0.2, 0) is 13.0 Å². The summed E-state index contributed by atoms with van der Waals surface area (Å²) in [6.45, 7) is 1.26. The third-order valence-corrected chi connectivity index (χ3v) is 5.20. The minimum Gasteiger partial charge on any atom is -0.497 e. The zero-order chi connectivity index (χ0) is 19.9. The van der Waals surface area contributed by atoms with Gasteiger partial charge in [0, 0.05) is 12.5 Å². The number of fused-ring (bicyclic) bond motifs is 1. The van der Waals surface area contributed by atoms with Crippen LogP contribution in [0.5, 0.6) is 17.2 Å². The van der Waals surface area contributed by atoms with Crippen LogP contribution in [0.15, 0.2) is 41.4 Å². The molecule has 2 aromatic rings. The molecule has 0 saturated heterocycles. The molecule has 2 aromatic carbocycles. The predicted molar refractivity (Wildman–Crippen MR) is 127 cm³/mol. The molecule has 1 aliphatic rings. The van der Waals surface area contributed by atoms with Crippen molar-refractivity contribution in [2.45, 2.75) is 31.7 Å². The van der Waals surface area contributed by atoms with Gasteiger partial charge < -0.3 is 25.3 Å². The quantitative estimate of drug-likeness (QED) is 0.336. The lowest BCUT2D eigenvalue weighted by atomic mass is 9.82. The summed E-state index contributed by atoms with van der Waals surface area (Å²) in [5.41, 5.74) is 9.86. The molecular weight excluding hydrogens is 481 g/mol. The van der Waals surface area contributed by atoms with E-state index in [1.54, 1.807) is 21.3 Å². The molecule has 1 atom stereocenters. The number of ether oxygens (including phenoxy) is 3. The van der Waals surface area contributed by atoms with E-state index >= 15 is 0 Å². The average molecular weight is 511 g/mol. The predicted octanol–water partition coefficient (Wildman–Crippen LogP) is 3.85. The smallest absolute Gasteiger partial charge is 0.188 e. The maximum atomic E-state index is 6.09. The van der Waals surface area contributed by atoms with Gasteiger partial charge in [0.1, 0.15) is 5.75 Å². The topological polar surface area (TPSA) is 78.1 Å². The number of aliphatic imine (C=N–C) groups is 1. The Morgan fingerprint density at radius 1 is 1.07 bits per heavy atom. The van der Waals surface area contributed by atoms with Crippen LogP contribution in [0, 0.1) is 0 Å². The lowest BCUT2D eigenvalue weighted by molar-refractivity contribution is 0.354. The molecule has 0 amide bonds. The fraction of sp³-hybridized carbons (Fsp3) is 0.409. The van der Waals surface area contributed by atoms with Crippen molar-refractivity contribution in [1.29, 1.82) is 0 Å². The molecule has 0 bridgehead atoms. The van der Waals surface area contributed by atoms with Gasteiger partial charge in [-0.1, -0.05) is 12.1 Å². The number of hydrogen-bond acceptors (Lipinski definition) is 4. The van der Waals surface area contributed by atoms with Crippen molar-refractivity contribution < 1.29 is 14.2 Å². The third-order valence-electron chi connectivity index (χ3n) is 5.20. The first-order valence-electron chi connectivity index (χ1n) is 9.56. The second-order valence-corrected chi connectivity index (χ2v) is 6.93. The van der Waals surface area contributed by atoms with Gasteiger partial charge >= 0.3 is 0 Å². The van der Waals surface area contributed by atoms with Crippen molar-refractivity contribution in [3.05, 3.63) is 53.1 Å². The maximum Gasteiger partial charge on any atom is 0.188 e. The van der Waals surface area contributed by atoms with Crippen molar-refractivity contribution >= 4 is 29.9 Å². The highest BCUT2D eigenvalue weighted by Crippen LogP contribution is 2.33. The molecule has 0 aromatic heterocycles. The standard InChI is InChI=1S/C22H29N3O3.HI/c1-26-18-8-9-19-16(12-18)5-4-6-17(19)14-25-22(23)24-13-15-7-10-20(27-2)21(11-15)28-3;/h7-12,17H,4-6,13-14H2,1-3H3,(H3,23,24,25);1H. The van der Waals surface area contributed by atoms with Gasteiger partial charge in [0.15, 0.2) is 17.5 Å². The molecule has 0 fully saturated rings. The Morgan fingerprint density at radius 3 is 2.59 bits per heavy atom. The minimum atomic E-state index is 0. The fourth-order valence-corrected chi connectivity index (χ4v) is 3.67. The number of benzene rings is 2. The first kappa shape index (κ1) is 23.1. The van der Waals surface area contributed by atoms with Gasteiger partial charge in [-0.3, -0.25) is 0 Å². The lowest BCUT2D eigenvalue weighted by Crippen LogP contribution is -2.35. The SMILES string of the molecule is COc1ccc2c(c1)CCCC2CNC(N)=NCc1ccc(OC)c(OC)c1.I. The van der Waals surface area contributed by atoms with Gasteiger partial charge in [0.25, 0.3) is 0 Å². The number of nitrogens with zero attached hydrogens (tertiary/aromatic N) is 1. The molecule has 0 saturated carbocycles. The maximum absolute atomic E-state index is 6.09. The van der Waals surface area contributed by atoms with Crippen LogP contribution in [0.3, 0.4) is 0 Å². The Labute approximate surface area is 189 Å². The summed E-state index contributed by atoms with van der Waals surface area (Å²) in [5.74, 6) is 3.20. The summed E-state index contributed by atoms with van der Waals surface area (Å²) in [5, 5.41) is 3.28. The number of halogens is 1. The first-order valence-corrected chi connectivity index (χ1v) is 9.56. The van der Waals surface area contributed by atoms with Crippen molar-refractivity contribution in [2.75, 3.05) is 27.9 Å². The van der Waals surface area contributed by atoms with Crippen molar-refractivity contribution in [1.82, 2.24) is 5.32 Å². The highest BCUT2D eigenvalue weighted by atomic mass is 127. The molecule has 158 valence electrons. The normalized spacial score (nSPS) is 15.7. The molecule has 0 radical (unpaired) electrons. The third kappa shape index (κ3) is 5.91. The Kier molecular flexibility index (Phi) is 8.88. The van der Waals surface area contributed by atoms with Gasteiger partial charge in [-0.05, 0) is 60.2 Å². The fourth-order valence-electron chi connectivity index (χ4n) is 3.67. The van der Waals surface area contributed by atoms with Crippen molar-refractivity contribution in [3.8, 4) is 17.2 Å². The number of methoxy groups -OCH3 is 3. The van der Waals surface area contributed by atoms with Crippen LogP contribution >= 0.6 is 24.0 Å². The zero-order valence-corrected chi connectivity index (χ0v) is 19.6. The van der Waals surface area contributed by atoms with E-state index in [0.29, 0.717) is 29.9 Å². The Hall–Kier alpha value is -2.16. The molecule has 1 unspecified atom stereocenters. The van der Waals surface area contributed by atoms with E-state index in [-0.39, 0.29) is 24.0 Å². The number of hydrogen-bond donors (Lipinski definition) is 2. The molecular formula is C22H30IN3O3. The summed E-state index contributed by atoms with van der Waals surface area (Å²) in [4.78, 5) is 4.46.